The monoisotopic (exact) mass is 353 g/mol. The molecule has 0 spiro atoms. The van der Waals surface area contributed by atoms with Gasteiger partial charge in [-0.1, -0.05) is 41.4 Å². The van der Waals surface area contributed by atoms with E-state index in [0.717, 1.165) is 24.3 Å². The minimum absolute atomic E-state index is 0.153. The number of carbonyl (C=O) groups is 1. The lowest BCUT2D eigenvalue weighted by atomic mass is 10.1. The number of halogens is 1. The second-order valence-electron chi connectivity index (χ2n) is 6.30. The van der Waals surface area contributed by atoms with Gasteiger partial charge in [-0.15, -0.1) is 0 Å². The molecule has 0 radical (unpaired) electrons. The van der Waals surface area contributed by atoms with Crippen molar-refractivity contribution in [2.24, 2.45) is 0 Å². The van der Waals surface area contributed by atoms with Crippen LogP contribution in [-0.4, -0.2) is 37.0 Å². The van der Waals surface area contributed by atoms with Crippen molar-refractivity contribution < 1.29 is 4.79 Å². The molecule has 2 aromatic rings. The fourth-order valence-electron chi connectivity index (χ4n) is 3.06. The first-order valence-electron chi connectivity index (χ1n) is 8.35. The average molecular weight is 354 g/mol. The summed E-state index contributed by atoms with van der Waals surface area (Å²) in [5.74, 6) is 0.153. The molecule has 0 saturated carbocycles. The Morgan fingerprint density at radius 2 is 1.80 bits per heavy atom. The fourth-order valence-corrected chi connectivity index (χ4v) is 3.23. The van der Waals surface area contributed by atoms with Gasteiger partial charge in [-0.05, 0) is 30.7 Å². The van der Waals surface area contributed by atoms with Gasteiger partial charge >= 0.3 is 0 Å². The summed E-state index contributed by atoms with van der Waals surface area (Å²) in [5.41, 5.74) is 3.70. The van der Waals surface area contributed by atoms with Crippen molar-refractivity contribution in [2.45, 2.75) is 13.3 Å². The molecule has 128 valence electrons. The molecule has 0 N–H and O–H groups in total. The van der Waals surface area contributed by atoms with Gasteiger partial charge in [0, 0.05) is 31.2 Å². The smallest absolute Gasteiger partial charge is 0.227 e. The second-order valence-corrected chi connectivity index (χ2v) is 6.74. The molecule has 0 bridgehead atoms. The minimum atomic E-state index is 0.153. The summed E-state index contributed by atoms with van der Waals surface area (Å²) in [6, 6.07) is 15.6. The number of carbonyl (C=O) groups excluding carboxylic acids is 1. The largest absolute Gasteiger partial charge is 0.367 e. The quantitative estimate of drug-likeness (QED) is 0.849. The van der Waals surface area contributed by atoms with Crippen LogP contribution in [0.5, 0.6) is 0 Å². The van der Waals surface area contributed by atoms with Gasteiger partial charge in [-0.25, -0.2) is 0 Å². The third kappa shape index (κ3) is 4.12. The molecule has 1 aliphatic heterocycles. The maximum absolute atomic E-state index is 12.5. The van der Waals surface area contributed by atoms with E-state index in [0.29, 0.717) is 30.1 Å². The maximum Gasteiger partial charge on any atom is 0.227 e. The Balaban J connectivity index is 1.61. The molecule has 0 aromatic heterocycles. The summed E-state index contributed by atoms with van der Waals surface area (Å²) in [7, 11) is 0. The summed E-state index contributed by atoms with van der Waals surface area (Å²) >= 11 is 5.96. The van der Waals surface area contributed by atoms with Crippen LogP contribution in [0.1, 0.15) is 16.7 Å². The number of anilines is 1. The van der Waals surface area contributed by atoms with Crippen LogP contribution in [-0.2, 0) is 11.2 Å². The molecule has 2 aromatic carbocycles. The Kier molecular flexibility index (Phi) is 5.25. The highest BCUT2D eigenvalue weighted by molar-refractivity contribution is 6.30. The van der Waals surface area contributed by atoms with Gasteiger partial charge in [0.05, 0.1) is 17.7 Å². The van der Waals surface area contributed by atoms with Gasteiger partial charge in [-0.3, -0.25) is 4.79 Å². The van der Waals surface area contributed by atoms with Crippen molar-refractivity contribution in [1.82, 2.24) is 4.90 Å². The average Bonchev–Trinajstić information content (AvgIpc) is 2.63. The molecule has 1 heterocycles. The maximum atomic E-state index is 12.5. The first-order valence-corrected chi connectivity index (χ1v) is 8.72. The van der Waals surface area contributed by atoms with Crippen molar-refractivity contribution in [3.63, 3.8) is 0 Å². The van der Waals surface area contributed by atoms with E-state index in [9.17, 15) is 10.1 Å². The van der Waals surface area contributed by atoms with E-state index in [2.05, 4.69) is 11.0 Å². The third-order valence-corrected chi connectivity index (χ3v) is 4.76. The highest BCUT2D eigenvalue weighted by Crippen LogP contribution is 2.25. The standard InChI is InChI=1S/C20H20ClN3O/c1-15-2-4-16(5-3-15)12-20(25)24-10-8-23(9-11-24)19-7-6-18(21)13-17(19)14-22/h2-7,13H,8-12H2,1H3. The van der Waals surface area contributed by atoms with Gasteiger partial charge in [0.1, 0.15) is 6.07 Å². The highest BCUT2D eigenvalue weighted by Gasteiger charge is 2.22. The molecule has 1 aliphatic rings. The number of rotatable bonds is 3. The SMILES string of the molecule is Cc1ccc(CC(=O)N2CCN(c3ccc(Cl)cc3C#N)CC2)cc1. The zero-order valence-electron chi connectivity index (χ0n) is 14.2. The van der Waals surface area contributed by atoms with Crippen LogP contribution in [0.25, 0.3) is 0 Å². The van der Waals surface area contributed by atoms with Crippen molar-refractivity contribution in [3.05, 3.63) is 64.2 Å². The second kappa shape index (κ2) is 7.58. The van der Waals surface area contributed by atoms with Gasteiger partial charge in [0.25, 0.3) is 0 Å². The van der Waals surface area contributed by atoms with Crippen LogP contribution >= 0.6 is 11.6 Å². The van der Waals surface area contributed by atoms with Crippen molar-refractivity contribution in [1.29, 1.82) is 5.26 Å². The Morgan fingerprint density at radius 3 is 2.44 bits per heavy atom. The molecular weight excluding hydrogens is 334 g/mol. The topological polar surface area (TPSA) is 47.3 Å². The van der Waals surface area contributed by atoms with E-state index in [-0.39, 0.29) is 5.91 Å². The minimum Gasteiger partial charge on any atom is -0.367 e. The van der Waals surface area contributed by atoms with Gasteiger partial charge < -0.3 is 9.80 Å². The van der Waals surface area contributed by atoms with Crippen LogP contribution < -0.4 is 4.90 Å². The molecule has 0 aliphatic carbocycles. The highest BCUT2D eigenvalue weighted by atomic mass is 35.5. The summed E-state index contributed by atoms with van der Waals surface area (Å²) < 4.78 is 0. The van der Waals surface area contributed by atoms with Gasteiger partial charge in [0.15, 0.2) is 0 Å². The summed E-state index contributed by atoms with van der Waals surface area (Å²) in [4.78, 5) is 16.5. The lowest BCUT2D eigenvalue weighted by Gasteiger charge is -2.36. The molecule has 1 amide bonds. The van der Waals surface area contributed by atoms with Gasteiger partial charge in [-0.2, -0.15) is 5.26 Å². The Morgan fingerprint density at radius 1 is 1.12 bits per heavy atom. The Hall–Kier alpha value is -2.51. The molecule has 3 rings (SSSR count). The van der Waals surface area contributed by atoms with E-state index in [1.54, 1.807) is 12.1 Å². The molecule has 1 fully saturated rings. The molecular formula is C20H20ClN3O. The normalized spacial score (nSPS) is 14.3. The third-order valence-electron chi connectivity index (χ3n) is 4.53. The Bertz CT molecular complexity index is 803. The summed E-state index contributed by atoms with van der Waals surface area (Å²) in [5, 5.41) is 9.86. The van der Waals surface area contributed by atoms with E-state index < -0.39 is 0 Å². The first kappa shape index (κ1) is 17.3. The zero-order valence-corrected chi connectivity index (χ0v) is 15.0. The first-order chi connectivity index (χ1) is 12.1. The molecule has 0 atom stereocenters. The number of amides is 1. The molecule has 4 nitrogen and oxygen atoms in total. The number of hydrogen-bond donors (Lipinski definition) is 0. The van der Waals surface area contributed by atoms with E-state index in [1.807, 2.05) is 42.2 Å². The van der Waals surface area contributed by atoms with Crippen LogP contribution in [0.3, 0.4) is 0 Å². The number of hydrogen-bond acceptors (Lipinski definition) is 3. The van der Waals surface area contributed by atoms with Crippen LogP contribution in [0.15, 0.2) is 42.5 Å². The fraction of sp³-hybridized carbons (Fsp3) is 0.300. The molecule has 0 unspecified atom stereocenters. The summed E-state index contributed by atoms with van der Waals surface area (Å²) in [6.07, 6.45) is 0.435. The lowest BCUT2D eigenvalue weighted by Crippen LogP contribution is -2.49. The number of aryl methyl sites for hydroxylation is 1. The van der Waals surface area contributed by atoms with Crippen LogP contribution in [0.2, 0.25) is 5.02 Å². The number of benzene rings is 2. The van der Waals surface area contributed by atoms with Crippen molar-refractivity contribution in [2.75, 3.05) is 31.1 Å². The van der Waals surface area contributed by atoms with Crippen LogP contribution in [0, 0.1) is 18.3 Å². The number of nitriles is 1. The molecule has 25 heavy (non-hydrogen) atoms. The number of nitrogens with zero attached hydrogens (tertiary/aromatic N) is 3. The molecule has 1 saturated heterocycles. The summed E-state index contributed by atoms with van der Waals surface area (Å²) in [6.45, 7) is 4.80. The van der Waals surface area contributed by atoms with Crippen LogP contribution in [0.4, 0.5) is 5.69 Å². The predicted molar refractivity (Wildman–Crippen MR) is 99.8 cm³/mol. The van der Waals surface area contributed by atoms with E-state index >= 15 is 0 Å². The van der Waals surface area contributed by atoms with Crippen molar-refractivity contribution in [3.8, 4) is 6.07 Å². The van der Waals surface area contributed by atoms with E-state index in [4.69, 9.17) is 11.6 Å². The zero-order chi connectivity index (χ0) is 17.8. The van der Waals surface area contributed by atoms with Crippen molar-refractivity contribution >= 4 is 23.2 Å². The lowest BCUT2D eigenvalue weighted by molar-refractivity contribution is -0.130. The van der Waals surface area contributed by atoms with Gasteiger partial charge in [0.2, 0.25) is 5.91 Å². The number of piperazine rings is 1. The Labute approximate surface area is 153 Å². The predicted octanol–water partition coefficient (Wildman–Crippen LogP) is 3.41. The van der Waals surface area contributed by atoms with E-state index in [1.165, 1.54) is 5.56 Å². The molecule has 5 heteroatoms.